The summed E-state index contributed by atoms with van der Waals surface area (Å²) in [5.74, 6) is 7.42. The van der Waals surface area contributed by atoms with Crippen LogP contribution in [0.1, 0.15) is 63.9 Å². The van der Waals surface area contributed by atoms with Crippen LogP contribution in [0.4, 0.5) is 0 Å². The maximum absolute atomic E-state index is 3.34. The zero-order valence-corrected chi connectivity index (χ0v) is 12.7. The second kappa shape index (κ2) is 8.64. The van der Waals surface area contributed by atoms with E-state index in [4.69, 9.17) is 0 Å². The quantitative estimate of drug-likeness (QED) is 0.362. The van der Waals surface area contributed by atoms with Crippen LogP contribution in [0.15, 0.2) is 42.0 Å². The number of allylic oxidation sites excluding steroid dienone is 2. The largest absolute Gasteiger partial charge is 0.0979 e. The smallest absolute Gasteiger partial charge is 0.0245 e. The topological polar surface area (TPSA) is 0 Å². The van der Waals surface area contributed by atoms with Crippen LogP contribution in [-0.4, -0.2) is 0 Å². The molecule has 0 aliphatic heterocycles. The molecule has 0 heteroatoms. The molecular weight excluding hydrogens is 240 g/mol. The average molecular weight is 266 g/mol. The molecule has 0 amide bonds. The van der Waals surface area contributed by atoms with Crippen LogP contribution in [0.25, 0.3) is 0 Å². The molecule has 0 spiro atoms. The molecule has 0 N–H and O–H groups in total. The van der Waals surface area contributed by atoms with E-state index in [1.54, 1.807) is 5.57 Å². The van der Waals surface area contributed by atoms with E-state index in [0.29, 0.717) is 0 Å². The Labute approximate surface area is 124 Å². The normalized spacial score (nSPS) is 19.9. The Hall–Kier alpha value is -1.48. The van der Waals surface area contributed by atoms with Crippen molar-refractivity contribution >= 4 is 0 Å². The zero-order valence-electron chi connectivity index (χ0n) is 12.7. The van der Waals surface area contributed by atoms with E-state index in [2.05, 4.69) is 49.1 Å². The van der Waals surface area contributed by atoms with Crippen molar-refractivity contribution in [3.05, 3.63) is 47.5 Å². The Morgan fingerprint density at radius 2 is 2.10 bits per heavy atom. The maximum atomic E-state index is 3.34. The van der Waals surface area contributed by atoms with Crippen LogP contribution in [0.3, 0.4) is 0 Å². The first kappa shape index (κ1) is 14.9. The van der Waals surface area contributed by atoms with Crippen LogP contribution in [0.2, 0.25) is 0 Å². The molecule has 0 aromatic heterocycles. The SMILES string of the molecule is CCCC/C=C1\CCCC1CCC#Cc1ccccc1. The Balaban J connectivity index is 1.78. The highest BCUT2D eigenvalue weighted by Gasteiger charge is 2.19. The molecule has 0 saturated heterocycles. The second-order valence-electron chi connectivity index (χ2n) is 5.72. The van der Waals surface area contributed by atoms with Crippen molar-refractivity contribution in [1.29, 1.82) is 0 Å². The first-order chi connectivity index (χ1) is 9.90. The van der Waals surface area contributed by atoms with Crippen molar-refractivity contribution in [1.82, 2.24) is 0 Å². The van der Waals surface area contributed by atoms with Gasteiger partial charge in [0.15, 0.2) is 0 Å². The van der Waals surface area contributed by atoms with Gasteiger partial charge in [0.05, 0.1) is 0 Å². The maximum Gasteiger partial charge on any atom is 0.0245 e. The third kappa shape index (κ3) is 4.89. The fourth-order valence-corrected chi connectivity index (χ4v) is 2.96. The minimum absolute atomic E-state index is 0.817. The van der Waals surface area contributed by atoms with E-state index in [9.17, 15) is 0 Å². The van der Waals surface area contributed by atoms with Crippen molar-refractivity contribution < 1.29 is 0 Å². The lowest BCUT2D eigenvalue weighted by Gasteiger charge is -2.09. The highest BCUT2D eigenvalue weighted by atomic mass is 14.2. The summed E-state index contributed by atoms with van der Waals surface area (Å²) in [4.78, 5) is 0. The predicted octanol–water partition coefficient (Wildman–Crippen LogP) is 5.74. The highest BCUT2D eigenvalue weighted by Crippen LogP contribution is 2.34. The van der Waals surface area contributed by atoms with Gasteiger partial charge in [-0.15, -0.1) is 0 Å². The van der Waals surface area contributed by atoms with Crippen molar-refractivity contribution in [3.63, 3.8) is 0 Å². The number of benzene rings is 1. The molecule has 1 aromatic carbocycles. The van der Waals surface area contributed by atoms with Crippen molar-refractivity contribution in [2.45, 2.75) is 58.3 Å². The highest BCUT2D eigenvalue weighted by molar-refractivity contribution is 5.33. The van der Waals surface area contributed by atoms with Crippen LogP contribution < -0.4 is 0 Å². The first-order valence-electron chi connectivity index (χ1n) is 8.13. The van der Waals surface area contributed by atoms with Crippen LogP contribution in [0.5, 0.6) is 0 Å². The van der Waals surface area contributed by atoms with E-state index in [1.165, 1.54) is 44.9 Å². The molecule has 1 unspecified atom stereocenters. The van der Waals surface area contributed by atoms with Gasteiger partial charge >= 0.3 is 0 Å². The molecule has 0 bridgehead atoms. The first-order valence-corrected chi connectivity index (χ1v) is 8.13. The molecule has 1 aromatic rings. The van der Waals surface area contributed by atoms with Crippen molar-refractivity contribution in [2.24, 2.45) is 5.92 Å². The molecular formula is C20H26. The lowest BCUT2D eigenvalue weighted by Crippen LogP contribution is -1.96. The predicted molar refractivity (Wildman–Crippen MR) is 87.5 cm³/mol. The van der Waals surface area contributed by atoms with Gasteiger partial charge in [-0.05, 0) is 50.2 Å². The molecule has 20 heavy (non-hydrogen) atoms. The van der Waals surface area contributed by atoms with Gasteiger partial charge in [0.25, 0.3) is 0 Å². The third-order valence-corrected chi connectivity index (χ3v) is 4.13. The summed E-state index contributed by atoms with van der Waals surface area (Å²) in [7, 11) is 0. The van der Waals surface area contributed by atoms with Crippen molar-refractivity contribution in [3.8, 4) is 11.8 Å². The molecule has 0 heterocycles. The summed E-state index contributed by atoms with van der Waals surface area (Å²) >= 11 is 0. The van der Waals surface area contributed by atoms with Crippen LogP contribution in [0, 0.1) is 17.8 Å². The molecule has 1 aliphatic carbocycles. The second-order valence-corrected chi connectivity index (χ2v) is 5.72. The number of rotatable bonds is 5. The summed E-state index contributed by atoms with van der Waals surface area (Å²) in [5, 5.41) is 0. The molecule has 1 atom stereocenters. The molecule has 1 fully saturated rings. The Kier molecular flexibility index (Phi) is 6.45. The van der Waals surface area contributed by atoms with E-state index >= 15 is 0 Å². The Bertz CT molecular complexity index is 470. The molecule has 1 aliphatic rings. The third-order valence-electron chi connectivity index (χ3n) is 4.13. The number of hydrogen-bond acceptors (Lipinski definition) is 0. The van der Waals surface area contributed by atoms with Gasteiger partial charge in [0, 0.05) is 12.0 Å². The van der Waals surface area contributed by atoms with Crippen LogP contribution >= 0.6 is 0 Å². The molecule has 106 valence electrons. The Morgan fingerprint density at radius 3 is 2.90 bits per heavy atom. The molecule has 2 rings (SSSR count). The average Bonchev–Trinajstić information content (AvgIpc) is 2.93. The van der Waals surface area contributed by atoms with Gasteiger partial charge in [-0.25, -0.2) is 0 Å². The van der Waals surface area contributed by atoms with Gasteiger partial charge in [0.1, 0.15) is 0 Å². The van der Waals surface area contributed by atoms with E-state index < -0.39 is 0 Å². The van der Waals surface area contributed by atoms with Gasteiger partial charge in [-0.2, -0.15) is 0 Å². The molecule has 0 nitrogen and oxygen atoms in total. The van der Waals surface area contributed by atoms with Gasteiger partial charge in [-0.1, -0.05) is 61.5 Å². The minimum Gasteiger partial charge on any atom is -0.0979 e. The fourth-order valence-electron chi connectivity index (χ4n) is 2.96. The molecule has 0 radical (unpaired) electrons. The standard InChI is InChI=1S/C20H26/c1-2-3-5-14-19-16-10-17-20(19)15-9-8-13-18-11-6-4-7-12-18/h4,6-7,11-12,14,20H,2-3,5,9-10,15-17H2,1H3/b19-14+. The summed E-state index contributed by atoms with van der Waals surface area (Å²) in [6.07, 6.45) is 12.8. The summed E-state index contributed by atoms with van der Waals surface area (Å²) in [5.41, 5.74) is 2.86. The van der Waals surface area contributed by atoms with E-state index in [1.807, 2.05) is 6.07 Å². The summed E-state index contributed by atoms with van der Waals surface area (Å²) in [6.45, 7) is 2.27. The Morgan fingerprint density at radius 1 is 1.25 bits per heavy atom. The van der Waals surface area contributed by atoms with Crippen molar-refractivity contribution in [2.75, 3.05) is 0 Å². The monoisotopic (exact) mass is 266 g/mol. The van der Waals surface area contributed by atoms with Gasteiger partial charge in [-0.3, -0.25) is 0 Å². The summed E-state index contributed by atoms with van der Waals surface area (Å²) < 4.78 is 0. The number of unbranched alkanes of at least 4 members (excludes halogenated alkanes) is 2. The zero-order chi connectivity index (χ0) is 14.0. The molecule has 1 saturated carbocycles. The minimum atomic E-state index is 0.817. The fraction of sp³-hybridized carbons (Fsp3) is 0.500. The lowest BCUT2D eigenvalue weighted by atomic mass is 9.96. The summed E-state index contributed by atoms with van der Waals surface area (Å²) in [6, 6.07) is 10.3. The van der Waals surface area contributed by atoms with E-state index in [0.717, 1.165) is 17.9 Å². The lowest BCUT2D eigenvalue weighted by molar-refractivity contribution is 0.581. The number of hydrogen-bond donors (Lipinski definition) is 0. The van der Waals surface area contributed by atoms with Gasteiger partial charge in [0.2, 0.25) is 0 Å². The van der Waals surface area contributed by atoms with Gasteiger partial charge < -0.3 is 0 Å². The van der Waals surface area contributed by atoms with E-state index in [-0.39, 0.29) is 0 Å². The van der Waals surface area contributed by atoms with Crippen LogP contribution in [-0.2, 0) is 0 Å².